The summed E-state index contributed by atoms with van der Waals surface area (Å²) < 4.78 is 5.49. The van der Waals surface area contributed by atoms with E-state index in [1.807, 2.05) is 31.2 Å². The molecule has 1 heterocycles. The molecule has 2 amide bonds. The monoisotopic (exact) mass is 331 g/mol. The molecule has 2 fully saturated rings. The van der Waals surface area contributed by atoms with Crippen molar-refractivity contribution in [3.8, 4) is 0 Å². The van der Waals surface area contributed by atoms with Crippen molar-refractivity contribution >= 4 is 17.5 Å². The van der Waals surface area contributed by atoms with Gasteiger partial charge < -0.3 is 20.7 Å². The summed E-state index contributed by atoms with van der Waals surface area (Å²) in [5.41, 5.74) is 1.74. The molecule has 0 aromatic heterocycles. The Labute approximate surface area is 142 Å². The molecule has 6 heteroatoms. The summed E-state index contributed by atoms with van der Waals surface area (Å²) in [6.45, 7) is 3.64. The van der Waals surface area contributed by atoms with Gasteiger partial charge in [0.15, 0.2) is 0 Å². The highest BCUT2D eigenvalue weighted by molar-refractivity contribution is 5.93. The molecule has 3 rings (SSSR count). The summed E-state index contributed by atoms with van der Waals surface area (Å²) in [5.74, 6) is 0.193. The number of ether oxygens (including phenoxy) is 1. The van der Waals surface area contributed by atoms with Crippen LogP contribution in [-0.2, 0) is 20.9 Å². The molecule has 1 aromatic carbocycles. The van der Waals surface area contributed by atoms with Crippen molar-refractivity contribution in [3.05, 3.63) is 29.8 Å². The number of benzene rings is 1. The van der Waals surface area contributed by atoms with Crippen molar-refractivity contribution < 1.29 is 14.3 Å². The summed E-state index contributed by atoms with van der Waals surface area (Å²) in [7, 11) is 0. The maximum Gasteiger partial charge on any atom is 0.240 e. The van der Waals surface area contributed by atoms with Gasteiger partial charge >= 0.3 is 0 Å². The summed E-state index contributed by atoms with van der Waals surface area (Å²) in [4.78, 5) is 24.3. The Hall–Kier alpha value is -1.92. The molecule has 0 bridgehead atoms. The van der Waals surface area contributed by atoms with E-state index in [2.05, 4.69) is 16.0 Å². The van der Waals surface area contributed by atoms with Crippen LogP contribution in [0, 0.1) is 5.92 Å². The molecule has 1 saturated carbocycles. The van der Waals surface area contributed by atoms with Gasteiger partial charge in [0, 0.05) is 24.7 Å². The predicted octanol–water partition coefficient (Wildman–Crippen LogP) is 1.42. The molecule has 2 aliphatic rings. The quantitative estimate of drug-likeness (QED) is 0.762. The van der Waals surface area contributed by atoms with E-state index in [0.717, 1.165) is 30.5 Å². The second-order valence-electron chi connectivity index (χ2n) is 6.54. The molecule has 6 nitrogen and oxygen atoms in total. The van der Waals surface area contributed by atoms with Gasteiger partial charge in [-0.25, -0.2) is 0 Å². The summed E-state index contributed by atoms with van der Waals surface area (Å²) in [6.07, 6.45) is 2.97. The lowest BCUT2D eigenvalue weighted by atomic mass is 9.85. The maximum atomic E-state index is 12.3. The van der Waals surface area contributed by atoms with E-state index in [-0.39, 0.29) is 29.9 Å². The van der Waals surface area contributed by atoms with Crippen LogP contribution in [0.25, 0.3) is 0 Å². The van der Waals surface area contributed by atoms with Gasteiger partial charge in [-0.15, -0.1) is 0 Å². The van der Waals surface area contributed by atoms with Crippen LogP contribution in [0.4, 0.5) is 5.69 Å². The van der Waals surface area contributed by atoms with Crippen molar-refractivity contribution in [3.63, 3.8) is 0 Å². The van der Waals surface area contributed by atoms with E-state index in [4.69, 9.17) is 4.74 Å². The van der Waals surface area contributed by atoms with Crippen LogP contribution in [0.1, 0.15) is 31.7 Å². The summed E-state index contributed by atoms with van der Waals surface area (Å²) in [5, 5.41) is 9.06. The van der Waals surface area contributed by atoms with Crippen molar-refractivity contribution in [2.45, 2.75) is 44.9 Å². The zero-order chi connectivity index (χ0) is 16.9. The fraction of sp³-hybridized carbons (Fsp3) is 0.556. The van der Waals surface area contributed by atoms with Crippen LogP contribution in [0.2, 0.25) is 0 Å². The van der Waals surface area contributed by atoms with Gasteiger partial charge in [0.05, 0.1) is 12.7 Å². The Morgan fingerprint density at radius 1 is 1.29 bits per heavy atom. The Balaban J connectivity index is 1.52. The average Bonchev–Trinajstić information content (AvgIpc) is 2.51. The molecule has 130 valence electrons. The SMILES string of the molecule is C[C@H]1OCCN[C@@H]1C(=O)NCc1cccc(NC(=O)C2CCC2)c1. The molecule has 2 atom stereocenters. The van der Waals surface area contributed by atoms with Gasteiger partial charge in [-0.05, 0) is 37.5 Å². The van der Waals surface area contributed by atoms with Crippen molar-refractivity contribution in [2.75, 3.05) is 18.5 Å². The molecule has 1 saturated heterocycles. The lowest BCUT2D eigenvalue weighted by Gasteiger charge is -2.29. The highest BCUT2D eigenvalue weighted by Gasteiger charge is 2.28. The fourth-order valence-corrected chi connectivity index (χ4v) is 3.00. The lowest BCUT2D eigenvalue weighted by Crippen LogP contribution is -2.55. The number of nitrogens with one attached hydrogen (secondary N) is 3. The van der Waals surface area contributed by atoms with E-state index in [0.29, 0.717) is 19.7 Å². The third-order valence-corrected chi connectivity index (χ3v) is 4.74. The van der Waals surface area contributed by atoms with E-state index < -0.39 is 0 Å². The number of hydrogen-bond acceptors (Lipinski definition) is 4. The molecular formula is C18H25N3O3. The third-order valence-electron chi connectivity index (χ3n) is 4.74. The molecule has 0 spiro atoms. The van der Waals surface area contributed by atoms with Crippen LogP contribution in [-0.4, -0.2) is 37.1 Å². The van der Waals surface area contributed by atoms with Gasteiger partial charge in [0.25, 0.3) is 0 Å². The largest absolute Gasteiger partial charge is 0.375 e. The average molecular weight is 331 g/mol. The van der Waals surface area contributed by atoms with E-state index >= 15 is 0 Å². The zero-order valence-electron chi connectivity index (χ0n) is 14.0. The molecule has 1 aliphatic carbocycles. The summed E-state index contributed by atoms with van der Waals surface area (Å²) in [6, 6.07) is 7.29. The van der Waals surface area contributed by atoms with Crippen LogP contribution < -0.4 is 16.0 Å². The lowest BCUT2D eigenvalue weighted by molar-refractivity contribution is -0.129. The standard InChI is InChI=1S/C18H25N3O3/c1-12-16(19-8-9-24-12)18(23)20-11-13-4-2-7-15(10-13)21-17(22)14-5-3-6-14/h2,4,7,10,12,14,16,19H,3,5-6,8-9,11H2,1H3,(H,20,23)(H,21,22)/t12-,16+/m1/s1. The van der Waals surface area contributed by atoms with Crippen LogP contribution in [0.3, 0.4) is 0 Å². The first-order valence-corrected chi connectivity index (χ1v) is 8.66. The smallest absolute Gasteiger partial charge is 0.240 e. The highest BCUT2D eigenvalue weighted by atomic mass is 16.5. The van der Waals surface area contributed by atoms with Crippen molar-refractivity contribution in [1.29, 1.82) is 0 Å². The Kier molecular flexibility index (Phi) is 5.48. The van der Waals surface area contributed by atoms with Gasteiger partial charge in [-0.3, -0.25) is 9.59 Å². The van der Waals surface area contributed by atoms with E-state index in [1.54, 1.807) is 0 Å². The molecular weight excluding hydrogens is 306 g/mol. The summed E-state index contributed by atoms with van der Waals surface area (Å²) >= 11 is 0. The van der Waals surface area contributed by atoms with E-state index in [9.17, 15) is 9.59 Å². The Morgan fingerprint density at radius 2 is 2.12 bits per heavy atom. The second-order valence-corrected chi connectivity index (χ2v) is 6.54. The number of amides is 2. The molecule has 24 heavy (non-hydrogen) atoms. The number of carbonyl (C=O) groups is 2. The topological polar surface area (TPSA) is 79.5 Å². The first-order valence-electron chi connectivity index (χ1n) is 8.66. The molecule has 0 unspecified atom stereocenters. The first-order chi connectivity index (χ1) is 11.6. The zero-order valence-corrected chi connectivity index (χ0v) is 14.0. The Morgan fingerprint density at radius 3 is 2.83 bits per heavy atom. The van der Waals surface area contributed by atoms with Crippen molar-refractivity contribution in [2.24, 2.45) is 5.92 Å². The number of carbonyl (C=O) groups excluding carboxylic acids is 2. The van der Waals surface area contributed by atoms with Crippen LogP contribution in [0.15, 0.2) is 24.3 Å². The Bertz CT molecular complexity index is 601. The van der Waals surface area contributed by atoms with Crippen LogP contribution in [0.5, 0.6) is 0 Å². The third kappa shape index (κ3) is 4.13. The molecule has 1 aliphatic heterocycles. The van der Waals surface area contributed by atoms with Gasteiger partial charge in [0.2, 0.25) is 11.8 Å². The molecule has 0 radical (unpaired) electrons. The van der Waals surface area contributed by atoms with Gasteiger partial charge in [-0.1, -0.05) is 18.6 Å². The number of rotatable bonds is 5. The maximum absolute atomic E-state index is 12.3. The van der Waals surface area contributed by atoms with Crippen molar-refractivity contribution in [1.82, 2.24) is 10.6 Å². The number of morpholine rings is 1. The number of hydrogen-bond donors (Lipinski definition) is 3. The first kappa shape index (κ1) is 16.9. The molecule has 1 aromatic rings. The normalized spacial score (nSPS) is 24.0. The number of anilines is 1. The highest BCUT2D eigenvalue weighted by Crippen LogP contribution is 2.27. The second kappa shape index (κ2) is 7.77. The minimum atomic E-state index is -0.319. The minimum Gasteiger partial charge on any atom is -0.375 e. The fourth-order valence-electron chi connectivity index (χ4n) is 3.00. The van der Waals surface area contributed by atoms with Gasteiger partial charge in [0.1, 0.15) is 6.04 Å². The minimum absolute atomic E-state index is 0.0638. The van der Waals surface area contributed by atoms with Crippen LogP contribution >= 0.6 is 0 Å². The molecule has 3 N–H and O–H groups in total. The van der Waals surface area contributed by atoms with Gasteiger partial charge in [-0.2, -0.15) is 0 Å². The predicted molar refractivity (Wildman–Crippen MR) is 91.5 cm³/mol. The van der Waals surface area contributed by atoms with E-state index in [1.165, 1.54) is 0 Å².